The molecule has 0 amide bonds. The fourth-order valence-corrected chi connectivity index (χ4v) is 2.50. The monoisotopic (exact) mass is 289 g/mol. The van der Waals surface area contributed by atoms with Gasteiger partial charge in [-0.25, -0.2) is 12.8 Å². The Hall–Kier alpha value is -1.47. The van der Waals surface area contributed by atoms with E-state index in [-0.39, 0.29) is 17.4 Å². The molecule has 0 N–H and O–H groups in total. The summed E-state index contributed by atoms with van der Waals surface area (Å²) in [5.74, 6) is -0.0601. The fourth-order valence-electron chi connectivity index (χ4n) is 1.52. The molecule has 0 aliphatic heterocycles. The number of benzene rings is 1. The van der Waals surface area contributed by atoms with Crippen LogP contribution >= 0.6 is 10.7 Å². The van der Waals surface area contributed by atoms with Gasteiger partial charge in [0.15, 0.2) is 0 Å². The Labute approximate surface area is 108 Å². The largest absolute Gasteiger partial charge is 0.304 e. The molecule has 1 aromatic heterocycles. The number of nitrogens with zero attached hydrogens (tertiary/aromatic N) is 3. The third kappa shape index (κ3) is 2.51. The van der Waals surface area contributed by atoms with E-state index in [1.807, 2.05) is 0 Å². The van der Waals surface area contributed by atoms with Crippen molar-refractivity contribution >= 4 is 19.7 Å². The standard InChI is InChI=1S/C10H9ClFN3O2S/c1-15-9(13-14-10(15)18(11,16)17)6-7-4-2-3-5-8(7)12/h2-5H,6H2,1H3. The fraction of sp³-hybridized carbons (Fsp3) is 0.200. The number of hydrogen-bond acceptors (Lipinski definition) is 4. The van der Waals surface area contributed by atoms with Crippen molar-refractivity contribution in [1.82, 2.24) is 14.8 Å². The van der Waals surface area contributed by atoms with Gasteiger partial charge in [0.05, 0.1) is 0 Å². The molecule has 0 bridgehead atoms. The van der Waals surface area contributed by atoms with E-state index < -0.39 is 9.05 Å². The summed E-state index contributed by atoms with van der Waals surface area (Å²) in [6.45, 7) is 0. The van der Waals surface area contributed by atoms with Gasteiger partial charge in [-0.2, -0.15) is 0 Å². The van der Waals surface area contributed by atoms with E-state index in [4.69, 9.17) is 10.7 Å². The summed E-state index contributed by atoms with van der Waals surface area (Å²) >= 11 is 0. The van der Waals surface area contributed by atoms with Crippen LogP contribution in [0.5, 0.6) is 0 Å². The second kappa shape index (κ2) is 4.66. The summed E-state index contributed by atoms with van der Waals surface area (Å²) in [4.78, 5) is 0. The molecule has 1 heterocycles. The zero-order valence-corrected chi connectivity index (χ0v) is 10.9. The van der Waals surface area contributed by atoms with E-state index in [9.17, 15) is 12.8 Å². The first-order valence-corrected chi connectivity index (χ1v) is 7.27. The summed E-state index contributed by atoms with van der Waals surface area (Å²) in [5.41, 5.74) is 0.409. The first kappa shape index (κ1) is 13.0. The lowest BCUT2D eigenvalue weighted by Gasteiger charge is -2.03. The molecule has 2 rings (SSSR count). The molecular weight excluding hydrogens is 281 g/mol. The predicted molar refractivity (Wildman–Crippen MR) is 63.2 cm³/mol. The SMILES string of the molecule is Cn1c(Cc2ccccc2F)nnc1S(=O)(=O)Cl. The van der Waals surface area contributed by atoms with E-state index >= 15 is 0 Å². The second-order valence-corrected chi connectivity index (χ2v) is 6.12. The Balaban J connectivity index is 2.38. The Morgan fingerprint density at radius 1 is 1.33 bits per heavy atom. The van der Waals surface area contributed by atoms with Gasteiger partial charge < -0.3 is 4.57 Å². The molecule has 0 atom stereocenters. The van der Waals surface area contributed by atoms with Gasteiger partial charge in [0.25, 0.3) is 14.2 Å². The highest BCUT2D eigenvalue weighted by Gasteiger charge is 2.20. The number of hydrogen-bond donors (Lipinski definition) is 0. The van der Waals surface area contributed by atoms with E-state index in [1.54, 1.807) is 18.2 Å². The topological polar surface area (TPSA) is 64.8 Å². The lowest BCUT2D eigenvalue weighted by Crippen LogP contribution is -2.06. The molecule has 1 aromatic carbocycles. The molecule has 0 saturated carbocycles. The highest BCUT2D eigenvalue weighted by atomic mass is 35.7. The van der Waals surface area contributed by atoms with Gasteiger partial charge in [-0.05, 0) is 11.6 Å². The minimum atomic E-state index is -3.95. The molecule has 18 heavy (non-hydrogen) atoms. The summed E-state index contributed by atoms with van der Waals surface area (Å²) in [7, 11) is 2.70. The molecule has 0 saturated heterocycles. The van der Waals surface area contributed by atoms with Crippen molar-refractivity contribution in [3.05, 3.63) is 41.5 Å². The maximum atomic E-state index is 13.4. The molecule has 5 nitrogen and oxygen atoms in total. The van der Waals surface area contributed by atoms with Gasteiger partial charge in [0.1, 0.15) is 11.6 Å². The van der Waals surface area contributed by atoms with Crippen molar-refractivity contribution in [1.29, 1.82) is 0 Å². The Bertz CT molecular complexity index is 684. The summed E-state index contributed by atoms with van der Waals surface area (Å²) in [6, 6.07) is 6.18. The van der Waals surface area contributed by atoms with Gasteiger partial charge in [-0.15, -0.1) is 10.2 Å². The Morgan fingerprint density at radius 2 is 2.00 bits per heavy atom. The molecule has 0 unspecified atom stereocenters. The third-order valence-electron chi connectivity index (χ3n) is 2.45. The van der Waals surface area contributed by atoms with Crippen molar-refractivity contribution < 1.29 is 12.8 Å². The molecule has 96 valence electrons. The quantitative estimate of drug-likeness (QED) is 0.803. The first-order chi connectivity index (χ1) is 8.39. The molecule has 2 aromatic rings. The van der Waals surface area contributed by atoms with Gasteiger partial charge in [0, 0.05) is 24.2 Å². The van der Waals surface area contributed by atoms with Crippen LogP contribution < -0.4 is 0 Å². The summed E-state index contributed by atoms with van der Waals surface area (Å²) in [6.07, 6.45) is 0.141. The normalized spacial score (nSPS) is 11.7. The van der Waals surface area contributed by atoms with Gasteiger partial charge in [-0.3, -0.25) is 0 Å². The highest BCUT2D eigenvalue weighted by Crippen LogP contribution is 2.16. The molecule has 8 heteroatoms. The average molecular weight is 290 g/mol. The highest BCUT2D eigenvalue weighted by molar-refractivity contribution is 8.13. The molecule has 0 spiro atoms. The molecule has 0 aliphatic rings. The van der Waals surface area contributed by atoms with E-state index in [1.165, 1.54) is 17.7 Å². The number of halogens is 2. The van der Waals surface area contributed by atoms with Crippen LogP contribution in [0.3, 0.4) is 0 Å². The predicted octanol–water partition coefficient (Wildman–Crippen LogP) is 1.47. The van der Waals surface area contributed by atoms with Gasteiger partial charge >= 0.3 is 0 Å². The van der Waals surface area contributed by atoms with Crippen molar-refractivity contribution in [2.75, 3.05) is 0 Å². The van der Waals surface area contributed by atoms with Crippen LogP contribution in [0, 0.1) is 5.82 Å². The van der Waals surface area contributed by atoms with Crippen molar-refractivity contribution in [2.24, 2.45) is 7.05 Å². The molecule has 0 aliphatic carbocycles. The summed E-state index contributed by atoms with van der Waals surface area (Å²) in [5, 5.41) is 6.83. The van der Waals surface area contributed by atoms with Crippen molar-refractivity contribution in [3.8, 4) is 0 Å². The maximum absolute atomic E-state index is 13.4. The second-order valence-electron chi connectivity index (χ2n) is 3.66. The third-order valence-corrected chi connectivity index (χ3v) is 3.66. The van der Waals surface area contributed by atoms with Crippen molar-refractivity contribution in [2.45, 2.75) is 11.6 Å². The van der Waals surface area contributed by atoms with E-state index in [0.29, 0.717) is 11.4 Å². The van der Waals surface area contributed by atoms with E-state index in [2.05, 4.69) is 10.2 Å². The molecule has 0 radical (unpaired) electrons. The lowest BCUT2D eigenvalue weighted by atomic mass is 10.1. The van der Waals surface area contributed by atoms with Crippen LogP contribution in [0.2, 0.25) is 0 Å². The van der Waals surface area contributed by atoms with Crippen LogP contribution in [0.25, 0.3) is 0 Å². The summed E-state index contributed by atoms with van der Waals surface area (Å²) < 4.78 is 37.0. The maximum Gasteiger partial charge on any atom is 0.296 e. The lowest BCUT2D eigenvalue weighted by molar-refractivity contribution is 0.589. The van der Waals surface area contributed by atoms with Crippen LogP contribution in [-0.2, 0) is 22.5 Å². The number of rotatable bonds is 3. The van der Waals surface area contributed by atoms with Crippen molar-refractivity contribution in [3.63, 3.8) is 0 Å². The van der Waals surface area contributed by atoms with Crippen LogP contribution in [0.15, 0.2) is 29.4 Å². The minimum absolute atomic E-state index is 0.141. The Kier molecular flexibility index (Phi) is 3.36. The first-order valence-electron chi connectivity index (χ1n) is 4.96. The van der Waals surface area contributed by atoms with Gasteiger partial charge in [-0.1, -0.05) is 18.2 Å². The average Bonchev–Trinajstić information content (AvgIpc) is 2.63. The molecular formula is C10H9ClFN3O2S. The smallest absolute Gasteiger partial charge is 0.296 e. The van der Waals surface area contributed by atoms with Gasteiger partial charge in [0.2, 0.25) is 0 Å². The Morgan fingerprint density at radius 3 is 2.56 bits per heavy atom. The molecule has 0 fully saturated rings. The zero-order valence-electron chi connectivity index (χ0n) is 9.34. The van der Waals surface area contributed by atoms with Crippen LogP contribution in [-0.4, -0.2) is 23.2 Å². The minimum Gasteiger partial charge on any atom is -0.304 e. The van der Waals surface area contributed by atoms with Crippen LogP contribution in [0.4, 0.5) is 4.39 Å². The zero-order chi connectivity index (χ0) is 13.3. The number of aromatic nitrogens is 3. The van der Waals surface area contributed by atoms with E-state index in [0.717, 1.165) is 0 Å². The van der Waals surface area contributed by atoms with Crippen LogP contribution in [0.1, 0.15) is 11.4 Å².